The Morgan fingerprint density at radius 3 is 1.72 bits per heavy atom. The molecule has 4 unspecified atom stereocenters. The molecular formula is C34H67NO4. The molecule has 0 saturated carbocycles. The highest BCUT2D eigenvalue weighted by Crippen LogP contribution is 2.24. The van der Waals surface area contributed by atoms with Crippen LogP contribution in [-0.2, 0) is 19.1 Å². The fourth-order valence-corrected chi connectivity index (χ4v) is 4.88. The van der Waals surface area contributed by atoms with Crippen molar-refractivity contribution in [2.75, 3.05) is 27.2 Å². The van der Waals surface area contributed by atoms with Gasteiger partial charge in [-0.05, 0) is 70.5 Å². The van der Waals surface area contributed by atoms with E-state index in [1.807, 2.05) is 27.1 Å². The zero-order chi connectivity index (χ0) is 28.8. The Hall–Kier alpha value is -1.36. The highest BCUT2D eigenvalue weighted by molar-refractivity contribution is 5.72. The largest absolute Gasteiger partial charge is 0.462 e. The molecule has 0 aromatic rings. The van der Waals surface area contributed by atoms with Gasteiger partial charge in [-0.25, -0.2) is 0 Å². The molecule has 0 amide bonds. The quantitative estimate of drug-likeness (QED) is 0.0880. The van der Waals surface area contributed by atoms with Crippen LogP contribution in [0.3, 0.4) is 0 Å². The Morgan fingerprint density at radius 2 is 1.23 bits per heavy atom. The summed E-state index contributed by atoms with van der Waals surface area (Å²) < 4.78 is 11.0. The van der Waals surface area contributed by atoms with Gasteiger partial charge in [-0.2, -0.15) is 0 Å². The van der Waals surface area contributed by atoms with Crippen LogP contribution >= 0.6 is 0 Å². The van der Waals surface area contributed by atoms with Crippen LogP contribution in [0, 0.1) is 23.7 Å². The van der Waals surface area contributed by atoms with Gasteiger partial charge in [0.25, 0.3) is 0 Å². The van der Waals surface area contributed by atoms with E-state index in [4.69, 9.17) is 9.47 Å². The Morgan fingerprint density at radius 1 is 0.718 bits per heavy atom. The van der Waals surface area contributed by atoms with Gasteiger partial charge in [-0.3, -0.25) is 9.59 Å². The minimum absolute atomic E-state index is 0. The predicted octanol–water partition coefficient (Wildman–Crippen LogP) is 9.24. The lowest BCUT2D eigenvalue weighted by molar-refractivity contribution is -0.155. The Bertz CT molecular complexity index is 616. The highest BCUT2D eigenvalue weighted by atomic mass is 16.6. The third-order valence-corrected chi connectivity index (χ3v) is 7.50. The molecule has 39 heavy (non-hydrogen) atoms. The molecule has 0 N–H and O–H groups in total. The zero-order valence-corrected chi connectivity index (χ0v) is 26.4. The summed E-state index contributed by atoms with van der Waals surface area (Å²) in [5, 5.41) is 0. The first-order valence-electron chi connectivity index (χ1n) is 15.6. The SMILES string of the molecule is C.C/C=C\COC(=O)CC(CCC(C)CCCC(C)CCCC(C)CCCC(C)C)OC(=O)CCCN(C)C. The van der Waals surface area contributed by atoms with Gasteiger partial charge in [0.2, 0.25) is 0 Å². The first kappa shape index (κ1) is 39.8. The summed E-state index contributed by atoms with van der Waals surface area (Å²) in [6.45, 7) is 14.7. The molecule has 0 aliphatic rings. The van der Waals surface area contributed by atoms with Crippen molar-refractivity contribution in [2.45, 2.75) is 145 Å². The molecule has 0 aliphatic carbocycles. The normalized spacial score (nSPS) is 14.7. The summed E-state index contributed by atoms with van der Waals surface area (Å²) >= 11 is 0. The van der Waals surface area contributed by atoms with Crippen LogP contribution in [-0.4, -0.2) is 50.2 Å². The molecule has 232 valence electrons. The van der Waals surface area contributed by atoms with Crippen LogP contribution in [0.15, 0.2) is 12.2 Å². The maximum Gasteiger partial charge on any atom is 0.309 e. The summed E-state index contributed by atoms with van der Waals surface area (Å²) in [5.41, 5.74) is 0. The van der Waals surface area contributed by atoms with Crippen LogP contribution in [0.4, 0.5) is 0 Å². The Labute approximate surface area is 243 Å². The summed E-state index contributed by atoms with van der Waals surface area (Å²) in [6.07, 6.45) is 18.1. The van der Waals surface area contributed by atoms with Crippen LogP contribution in [0.2, 0.25) is 0 Å². The third kappa shape index (κ3) is 26.6. The van der Waals surface area contributed by atoms with E-state index in [2.05, 4.69) is 39.5 Å². The smallest absolute Gasteiger partial charge is 0.309 e. The van der Waals surface area contributed by atoms with Crippen molar-refractivity contribution in [2.24, 2.45) is 23.7 Å². The van der Waals surface area contributed by atoms with Crippen molar-refractivity contribution in [3.63, 3.8) is 0 Å². The monoisotopic (exact) mass is 554 g/mol. The molecule has 0 spiro atoms. The number of hydrogen-bond donors (Lipinski definition) is 0. The van der Waals surface area contributed by atoms with Gasteiger partial charge >= 0.3 is 11.9 Å². The predicted molar refractivity (Wildman–Crippen MR) is 168 cm³/mol. The van der Waals surface area contributed by atoms with Gasteiger partial charge in [0.05, 0.1) is 6.42 Å². The van der Waals surface area contributed by atoms with Gasteiger partial charge in [0.15, 0.2) is 0 Å². The minimum atomic E-state index is -0.399. The van der Waals surface area contributed by atoms with Gasteiger partial charge in [-0.1, -0.05) is 112 Å². The summed E-state index contributed by atoms with van der Waals surface area (Å²) in [7, 11) is 3.99. The van der Waals surface area contributed by atoms with E-state index < -0.39 is 6.10 Å². The van der Waals surface area contributed by atoms with E-state index in [9.17, 15) is 9.59 Å². The molecule has 0 fully saturated rings. The molecule has 5 nitrogen and oxygen atoms in total. The summed E-state index contributed by atoms with van der Waals surface area (Å²) in [4.78, 5) is 26.7. The molecule has 0 aromatic carbocycles. The molecule has 0 aromatic heterocycles. The van der Waals surface area contributed by atoms with Crippen molar-refractivity contribution in [3.05, 3.63) is 12.2 Å². The van der Waals surface area contributed by atoms with Crippen LogP contribution < -0.4 is 0 Å². The van der Waals surface area contributed by atoms with Crippen molar-refractivity contribution in [3.8, 4) is 0 Å². The van der Waals surface area contributed by atoms with Gasteiger partial charge < -0.3 is 14.4 Å². The van der Waals surface area contributed by atoms with Crippen molar-refractivity contribution >= 4 is 11.9 Å². The number of allylic oxidation sites excluding steroid dienone is 1. The number of carbonyl (C=O) groups excluding carboxylic acids is 2. The maximum absolute atomic E-state index is 12.4. The number of hydrogen-bond acceptors (Lipinski definition) is 5. The summed E-state index contributed by atoms with van der Waals surface area (Å²) in [5.74, 6) is 2.51. The standard InChI is InChI=1S/C33H63NO4.CH4/c1-9-10-25-37-33(36)26-31(38-32(35)21-14-24-34(7)8)23-22-30(6)20-13-19-29(5)18-12-17-28(4)16-11-15-27(2)3;/h9-10,27-31H,11-26H2,1-8H3;1H4/b10-9-;. The fraction of sp³-hybridized carbons (Fsp3) is 0.882. The lowest BCUT2D eigenvalue weighted by Gasteiger charge is -2.20. The van der Waals surface area contributed by atoms with E-state index in [1.165, 1.54) is 57.8 Å². The molecule has 4 atom stereocenters. The Balaban J connectivity index is 0. The topological polar surface area (TPSA) is 55.8 Å². The third-order valence-electron chi connectivity index (χ3n) is 7.50. The first-order valence-corrected chi connectivity index (χ1v) is 15.6. The second-order valence-electron chi connectivity index (χ2n) is 12.6. The van der Waals surface area contributed by atoms with Gasteiger partial charge in [-0.15, -0.1) is 0 Å². The van der Waals surface area contributed by atoms with E-state index in [-0.39, 0.29) is 32.4 Å². The average Bonchev–Trinajstić information content (AvgIpc) is 2.82. The summed E-state index contributed by atoms with van der Waals surface area (Å²) in [6, 6.07) is 0. The second kappa shape index (κ2) is 25.6. The minimum Gasteiger partial charge on any atom is -0.462 e. The van der Waals surface area contributed by atoms with Crippen molar-refractivity contribution < 1.29 is 19.1 Å². The second-order valence-corrected chi connectivity index (χ2v) is 12.6. The van der Waals surface area contributed by atoms with Crippen LogP contribution in [0.5, 0.6) is 0 Å². The van der Waals surface area contributed by atoms with Crippen LogP contribution in [0.25, 0.3) is 0 Å². The van der Waals surface area contributed by atoms with Crippen LogP contribution in [0.1, 0.15) is 139 Å². The fourth-order valence-electron chi connectivity index (χ4n) is 4.88. The maximum atomic E-state index is 12.4. The molecule has 0 rings (SSSR count). The number of esters is 2. The van der Waals surface area contributed by atoms with E-state index in [0.29, 0.717) is 18.8 Å². The molecular weight excluding hydrogens is 486 g/mol. The number of rotatable bonds is 24. The molecule has 5 heteroatoms. The number of carbonyl (C=O) groups is 2. The Kier molecular flexibility index (Phi) is 26.1. The molecule has 0 aliphatic heterocycles. The number of ether oxygens (including phenoxy) is 2. The molecule has 0 saturated heterocycles. The van der Waals surface area contributed by atoms with Crippen molar-refractivity contribution in [1.82, 2.24) is 4.90 Å². The lowest BCUT2D eigenvalue weighted by atomic mass is 9.90. The molecule has 0 radical (unpaired) electrons. The van der Waals surface area contributed by atoms with E-state index >= 15 is 0 Å². The van der Waals surface area contributed by atoms with E-state index in [0.717, 1.165) is 37.1 Å². The van der Waals surface area contributed by atoms with Gasteiger partial charge in [0.1, 0.15) is 12.7 Å². The zero-order valence-electron chi connectivity index (χ0n) is 26.4. The number of nitrogens with zero attached hydrogens (tertiary/aromatic N) is 1. The van der Waals surface area contributed by atoms with Gasteiger partial charge in [0, 0.05) is 6.42 Å². The van der Waals surface area contributed by atoms with E-state index in [1.54, 1.807) is 6.08 Å². The first-order chi connectivity index (χ1) is 18.0. The molecule has 0 heterocycles. The highest BCUT2D eigenvalue weighted by Gasteiger charge is 2.20. The molecule has 0 bridgehead atoms. The average molecular weight is 554 g/mol. The van der Waals surface area contributed by atoms with Crippen molar-refractivity contribution in [1.29, 1.82) is 0 Å². The lowest BCUT2D eigenvalue weighted by Crippen LogP contribution is -2.24.